The molecule has 0 aliphatic carbocycles. The lowest BCUT2D eigenvalue weighted by atomic mass is 9.94. The first-order valence-electron chi connectivity index (χ1n) is 5.72. The highest BCUT2D eigenvalue weighted by Crippen LogP contribution is 2.25. The first-order chi connectivity index (χ1) is 7.65. The molecule has 2 fully saturated rings. The number of ketones is 1. The molecule has 2 aliphatic heterocycles. The standard InChI is InChI=1S/C11H18N2O3/c1-7(14)10-6-16-5-8-3-4-9(12-2)11(15)13(8)10/h8-10,12H,3-6H2,1-2H3. The lowest BCUT2D eigenvalue weighted by Gasteiger charge is -2.45. The Labute approximate surface area is 95.1 Å². The summed E-state index contributed by atoms with van der Waals surface area (Å²) in [6.07, 6.45) is 1.73. The van der Waals surface area contributed by atoms with E-state index in [1.165, 1.54) is 6.92 Å². The molecule has 0 saturated carbocycles. The molecule has 2 heterocycles. The Morgan fingerprint density at radius 3 is 2.81 bits per heavy atom. The molecule has 2 aliphatic rings. The third-order valence-electron chi connectivity index (χ3n) is 3.47. The zero-order chi connectivity index (χ0) is 11.7. The molecule has 1 N–H and O–H groups in total. The third-order valence-corrected chi connectivity index (χ3v) is 3.47. The van der Waals surface area contributed by atoms with Gasteiger partial charge in [0, 0.05) is 0 Å². The van der Waals surface area contributed by atoms with E-state index in [0.29, 0.717) is 13.2 Å². The number of hydrogen-bond acceptors (Lipinski definition) is 4. The molecule has 90 valence electrons. The van der Waals surface area contributed by atoms with Crippen molar-refractivity contribution in [1.82, 2.24) is 10.2 Å². The second-order valence-electron chi connectivity index (χ2n) is 4.48. The van der Waals surface area contributed by atoms with Gasteiger partial charge in [-0.25, -0.2) is 0 Å². The summed E-state index contributed by atoms with van der Waals surface area (Å²) in [5.74, 6) is 0.0528. The van der Waals surface area contributed by atoms with Gasteiger partial charge in [-0.3, -0.25) is 9.59 Å². The summed E-state index contributed by atoms with van der Waals surface area (Å²) in [5.41, 5.74) is 0. The van der Waals surface area contributed by atoms with Gasteiger partial charge in [0.1, 0.15) is 6.04 Å². The number of nitrogens with one attached hydrogen (secondary N) is 1. The van der Waals surface area contributed by atoms with Crippen molar-refractivity contribution in [1.29, 1.82) is 0 Å². The third kappa shape index (κ3) is 1.85. The quantitative estimate of drug-likeness (QED) is 0.693. The number of carbonyl (C=O) groups excluding carboxylic acids is 2. The van der Waals surface area contributed by atoms with E-state index >= 15 is 0 Å². The number of hydrogen-bond donors (Lipinski definition) is 1. The van der Waals surface area contributed by atoms with Crippen LogP contribution in [-0.2, 0) is 14.3 Å². The van der Waals surface area contributed by atoms with Gasteiger partial charge in [0.05, 0.1) is 25.3 Å². The predicted octanol–water partition coefficient (Wildman–Crippen LogP) is -0.447. The Morgan fingerprint density at radius 2 is 2.19 bits per heavy atom. The Kier molecular flexibility index (Phi) is 3.25. The molecule has 5 heteroatoms. The number of likely N-dealkylation sites (N-methyl/N-ethyl adjacent to an activating group) is 1. The Morgan fingerprint density at radius 1 is 1.44 bits per heavy atom. The van der Waals surface area contributed by atoms with E-state index in [0.717, 1.165) is 12.8 Å². The van der Waals surface area contributed by atoms with Gasteiger partial charge in [-0.05, 0) is 26.8 Å². The van der Waals surface area contributed by atoms with Gasteiger partial charge in [0.25, 0.3) is 0 Å². The van der Waals surface area contributed by atoms with Crippen LogP contribution in [0.2, 0.25) is 0 Å². The molecule has 2 rings (SSSR count). The fourth-order valence-electron chi connectivity index (χ4n) is 2.53. The first kappa shape index (κ1) is 11.5. The highest BCUT2D eigenvalue weighted by Gasteiger charge is 2.42. The smallest absolute Gasteiger partial charge is 0.240 e. The van der Waals surface area contributed by atoms with Crippen molar-refractivity contribution in [2.45, 2.75) is 37.9 Å². The van der Waals surface area contributed by atoms with E-state index in [9.17, 15) is 9.59 Å². The maximum Gasteiger partial charge on any atom is 0.240 e. The summed E-state index contributed by atoms with van der Waals surface area (Å²) >= 11 is 0. The van der Waals surface area contributed by atoms with Gasteiger partial charge in [0.2, 0.25) is 5.91 Å². The van der Waals surface area contributed by atoms with Crippen LogP contribution in [0, 0.1) is 0 Å². The Hall–Kier alpha value is -0.940. The number of carbonyl (C=O) groups is 2. The van der Waals surface area contributed by atoms with E-state index in [4.69, 9.17) is 4.74 Å². The number of ether oxygens (including phenoxy) is 1. The molecule has 3 atom stereocenters. The molecule has 0 aromatic heterocycles. The lowest BCUT2D eigenvalue weighted by molar-refractivity contribution is -0.159. The zero-order valence-corrected chi connectivity index (χ0v) is 9.73. The van der Waals surface area contributed by atoms with Crippen molar-refractivity contribution >= 4 is 11.7 Å². The van der Waals surface area contributed by atoms with Gasteiger partial charge in [-0.15, -0.1) is 0 Å². The number of fused-ring (bicyclic) bond motifs is 1. The second kappa shape index (κ2) is 4.51. The molecule has 2 saturated heterocycles. The van der Waals surface area contributed by atoms with Gasteiger partial charge < -0.3 is 15.0 Å². The van der Waals surface area contributed by atoms with Gasteiger partial charge >= 0.3 is 0 Å². The van der Waals surface area contributed by atoms with Crippen LogP contribution >= 0.6 is 0 Å². The minimum absolute atomic E-state index is 0.00908. The number of Topliss-reactive ketones (excluding diaryl/α,β-unsaturated/α-hetero) is 1. The van der Waals surface area contributed by atoms with Gasteiger partial charge in [-0.2, -0.15) is 0 Å². The van der Waals surface area contributed by atoms with Crippen molar-refractivity contribution in [3.63, 3.8) is 0 Å². The van der Waals surface area contributed by atoms with Crippen LogP contribution in [0.1, 0.15) is 19.8 Å². The molecule has 0 spiro atoms. The molecule has 0 bridgehead atoms. The maximum atomic E-state index is 12.2. The number of amides is 1. The fraction of sp³-hybridized carbons (Fsp3) is 0.818. The molecule has 0 radical (unpaired) electrons. The maximum absolute atomic E-state index is 12.2. The Balaban J connectivity index is 2.20. The average molecular weight is 226 g/mol. The molecule has 1 amide bonds. The summed E-state index contributed by atoms with van der Waals surface area (Å²) in [7, 11) is 1.78. The van der Waals surface area contributed by atoms with E-state index < -0.39 is 0 Å². The average Bonchev–Trinajstić information content (AvgIpc) is 2.29. The SMILES string of the molecule is CNC1CCC2COCC(C(C)=O)N2C1=O. The number of nitrogens with zero attached hydrogens (tertiary/aromatic N) is 1. The van der Waals surface area contributed by atoms with E-state index in [1.54, 1.807) is 11.9 Å². The zero-order valence-electron chi connectivity index (χ0n) is 9.73. The second-order valence-corrected chi connectivity index (χ2v) is 4.48. The largest absolute Gasteiger partial charge is 0.377 e. The van der Waals surface area contributed by atoms with Crippen LogP contribution in [0.15, 0.2) is 0 Å². The summed E-state index contributed by atoms with van der Waals surface area (Å²) in [6.45, 7) is 2.42. The molecule has 0 aromatic carbocycles. The Bertz CT molecular complexity index is 306. The van der Waals surface area contributed by atoms with E-state index in [1.807, 2.05) is 0 Å². The number of piperidine rings is 1. The first-order valence-corrected chi connectivity index (χ1v) is 5.72. The molecular formula is C11H18N2O3. The van der Waals surface area contributed by atoms with Gasteiger partial charge in [0.15, 0.2) is 5.78 Å². The van der Waals surface area contributed by atoms with Gasteiger partial charge in [-0.1, -0.05) is 0 Å². The van der Waals surface area contributed by atoms with E-state index in [2.05, 4.69) is 5.32 Å². The monoisotopic (exact) mass is 226 g/mol. The summed E-state index contributed by atoms with van der Waals surface area (Å²) in [4.78, 5) is 25.4. The normalized spacial score (nSPS) is 34.8. The summed E-state index contributed by atoms with van der Waals surface area (Å²) in [5, 5.41) is 3.00. The molecule has 5 nitrogen and oxygen atoms in total. The van der Waals surface area contributed by atoms with Crippen LogP contribution in [0.4, 0.5) is 0 Å². The van der Waals surface area contributed by atoms with Crippen LogP contribution in [0.25, 0.3) is 0 Å². The van der Waals surface area contributed by atoms with Crippen LogP contribution in [0.5, 0.6) is 0 Å². The number of morpholine rings is 1. The molecular weight excluding hydrogens is 208 g/mol. The molecule has 16 heavy (non-hydrogen) atoms. The summed E-state index contributed by atoms with van der Waals surface area (Å²) in [6, 6.07) is -0.446. The highest BCUT2D eigenvalue weighted by atomic mass is 16.5. The van der Waals surface area contributed by atoms with Crippen LogP contribution < -0.4 is 5.32 Å². The summed E-state index contributed by atoms with van der Waals surface area (Å²) < 4.78 is 5.39. The molecule has 0 aromatic rings. The van der Waals surface area contributed by atoms with Crippen molar-refractivity contribution in [3.8, 4) is 0 Å². The highest BCUT2D eigenvalue weighted by molar-refractivity contribution is 5.90. The minimum Gasteiger partial charge on any atom is -0.377 e. The number of rotatable bonds is 2. The van der Waals surface area contributed by atoms with Crippen LogP contribution in [-0.4, -0.2) is 55.0 Å². The lowest BCUT2D eigenvalue weighted by Crippen LogP contribution is -2.64. The minimum atomic E-state index is -0.387. The van der Waals surface area contributed by atoms with Crippen molar-refractivity contribution < 1.29 is 14.3 Å². The van der Waals surface area contributed by atoms with Crippen molar-refractivity contribution in [2.75, 3.05) is 20.3 Å². The van der Waals surface area contributed by atoms with Crippen molar-refractivity contribution in [2.24, 2.45) is 0 Å². The van der Waals surface area contributed by atoms with E-state index in [-0.39, 0.29) is 29.8 Å². The fourth-order valence-corrected chi connectivity index (χ4v) is 2.53. The topological polar surface area (TPSA) is 58.6 Å². The predicted molar refractivity (Wildman–Crippen MR) is 58.0 cm³/mol. The van der Waals surface area contributed by atoms with Crippen LogP contribution in [0.3, 0.4) is 0 Å². The van der Waals surface area contributed by atoms with Crippen molar-refractivity contribution in [3.05, 3.63) is 0 Å². The molecule has 3 unspecified atom stereocenters.